The maximum atomic E-state index is 13.1. The highest BCUT2D eigenvalue weighted by atomic mass is 16.5. The van der Waals surface area contributed by atoms with Gasteiger partial charge in [-0.2, -0.15) is 0 Å². The van der Waals surface area contributed by atoms with Gasteiger partial charge in [0.25, 0.3) is 5.91 Å². The highest BCUT2D eigenvalue weighted by molar-refractivity contribution is 5.88. The molecule has 2 aromatic carbocycles. The second kappa shape index (κ2) is 11.4. The second-order valence-electron chi connectivity index (χ2n) is 7.84. The molecule has 0 saturated heterocycles. The van der Waals surface area contributed by atoms with Crippen molar-refractivity contribution in [3.05, 3.63) is 66.2 Å². The molecule has 2 aromatic rings. The van der Waals surface area contributed by atoms with Gasteiger partial charge in [-0.15, -0.1) is 0 Å². The van der Waals surface area contributed by atoms with Crippen molar-refractivity contribution in [3.63, 3.8) is 0 Å². The Morgan fingerprint density at radius 1 is 1.03 bits per heavy atom. The summed E-state index contributed by atoms with van der Waals surface area (Å²) in [6.07, 6.45) is 5.64. The highest BCUT2D eigenvalue weighted by Crippen LogP contribution is 2.19. The standard InChI is InChI=1S/C25H32N2O3/c1-2-23(25(29)26-21-13-9-10-14-21)27(18-17-20-11-5-3-6-12-20)24(28)19-30-22-15-7-4-8-16-22/h3-8,11-12,15-16,21,23H,2,9-10,13-14,17-19H2,1H3,(H,26,29). The number of rotatable bonds is 10. The average Bonchev–Trinajstić information content (AvgIpc) is 3.29. The Morgan fingerprint density at radius 3 is 2.30 bits per heavy atom. The summed E-state index contributed by atoms with van der Waals surface area (Å²) in [7, 11) is 0. The predicted molar refractivity (Wildman–Crippen MR) is 118 cm³/mol. The molecule has 1 atom stereocenters. The zero-order valence-electron chi connectivity index (χ0n) is 17.8. The molecule has 0 bridgehead atoms. The number of nitrogens with zero attached hydrogens (tertiary/aromatic N) is 1. The fourth-order valence-electron chi connectivity index (χ4n) is 4.01. The van der Waals surface area contributed by atoms with Crippen molar-refractivity contribution in [1.29, 1.82) is 0 Å². The molecule has 1 N–H and O–H groups in total. The molecule has 1 aliphatic rings. The molecule has 1 saturated carbocycles. The Morgan fingerprint density at radius 2 is 1.67 bits per heavy atom. The normalized spacial score (nSPS) is 14.8. The zero-order chi connectivity index (χ0) is 21.2. The minimum Gasteiger partial charge on any atom is -0.484 e. The Labute approximate surface area is 179 Å². The molecule has 160 valence electrons. The van der Waals surface area contributed by atoms with E-state index in [0.29, 0.717) is 25.1 Å². The third-order valence-electron chi connectivity index (χ3n) is 5.68. The van der Waals surface area contributed by atoms with E-state index >= 15 is 0 Å². The molecule has 0 radical (unpaired) electrons. The molecule has 0 heterocycles. The Hall–Kier alpha value is -2.82. The average molecular weight is 409 g/mol. The SMILES string of the molecule is CCC(C(=O)NC1CCCC1)N(CCc1ccccc1)C(=O)COc1ccccc1. The third-order valence-corrected chi connectivity index (χ3v) is 5.68. The first-order chi connectivity index (χ1) is 14.7. The van der Waals surface area contributed by atoms with Crippen molar-refractivity contribution in [3.8, 4) is 5.75 Å². The van der Waals surface area contributed by atoms with E-state index in [1.807, 2.05) is 67.6 Å². The van der Waals surface area contributed by atoms with Gasteiger partial charge < -0.3 is 15.0 Å². The van der Waals surface area contributed by atoms with Gasteiger partial charge in [-0.3, -0.25) is 9.59 Å². The molecule has 5 heteroatoms. The van der Waals surface area contributed by atoms with Crippen LogP contribution in [0.5, 0.6) is 5.75 Å². The molecule has 2 amide bonds. The highest BCUT2D eigenvalue weighted by Gasteiger charge is 2.30. The predicted octanol–water partition coefficient (Wildman–Crippen LogP) is 3.97. The molecule has 0 aromatic heterocycles. The van der Waals surface area contributed by atoms with Crippen molar-refractivity contribution in [2.24, 2.45) is 0 Å². The van der Waals surface area contributed by atoms with Crippen LogP contribution in [0, 0.1) is 0 Å². The van der Waals surface area contributed by atoms with Crippen LogP contribution in [0.3, 0.4) is 0 Å². The number of benzene rings is 2. The van der Waals surface area contributed by atoms with Crippen LogP contribution >= 0.6 is 0 Å². The first kappa shape index (κ1) is 21.9. The largest absolute Gasteiger partial charge is 0.484 e. The third kappa shape index (κ3) is 6.34. The maximum absolute atomic E-state index is 13.1. The lowest BCUT2D eigenvalue weighted by atomic mass is 10.1. The van der Waals surface area contributed by atoms with Gasteiger partial charge in [0.05, 0.1) is 0 Å². The van der Waals surface area contributed by atoms with Crippen LogP contribution in [0.4, 0.5) is 0 Å². The summed E-state index contributed by atoms with van der Waals surface area (Å²) >= 11 is 0. The van der Waals surface area contributed by atoms with E-state index in [1.165, 1.54) is 0 Å². The van der Waals surface area contributed by atoms with E-state index in [4.69, 9.17) is 4.74 Å². The Bertz CT molecular complexity index is 789. The maximum Gasteiger partial charge on any atom is 0.261 e. The number of carbonyl (C=O) groups excluding carboxylic acids is 2. The van der Waals surface area contributed by atoms with Gasteiger partial charge >= 0.3 is 0 Å². The lowest BCUT2D eigenvalue weighted by Gasteiger charge is -2.31. The van der Waals surface area contributed by atoms with Crippen molar-refractivity contribution < 1.29 is 14.3 Å². The van der Waals surface area contributed by atoms with Gasteiger partial charge in [0.1, 0.15) is 11.8 Å². The fraction of sp³-hybridized carbons (Fsp3) is 0.440. The van der Waals surface area contributed by atoms with Crippen LogP contribution in [-0.4, -0.2) is 41.9 Å². The number of carbonyl (C=O) groups is 2. The molecular weight excluding hydrogens is 376 g/mol. The van der Waals surface area contributed by atoms with Crippen molar-refractivity contribution >= 4 is 11.8 Å². The topological polar surface area (TPSA) is 58.6 Å². The van der Waals surface area contributed by atoms with Gasteiger partial charge in [-0.1, -0.05) is 68.3 Å². The van der Waals surface area contributed by atoms with Gasteiger partial charge in [-0.05, 0) is 43.4 Å². The van der Waals surface area contributed by atoms with E-state index < -0.39 is 6.04 Å². The summed E-state index contributed by atoms with van der Waals surface area (Å²) in [6, 6.07) is 19.1. The molecule has 1 aliphatic carbocycles. The minimum absolute atomic E-state index is 0.0504. The fourth-order valence-corrected chi connectivity index (χ4v) is 4.01. The van der Waals surface area contributed by atoms with Gasteiger partial charge in [0.2, 0.25) is 5.91 Å². The van der Waals surface area contributed by atoms with E-state index in [2.05, 4.69) is 5.32 Å². The summed E-state index contributed by atoms with van der Waals surface area (Å²) in [5.74, 6) is 0.436. The van der Waals surface area contributed by atoms with Gasteiger partial charge in [0, 0.05) is 12.6 Å². The molecule has 1 fully saturated rings. The number of hydrogen-bond acceptors (Lipinski definition) is 3. The van der Waals surface area contributed by atoms with Crippen molar-refractivity contribution in [2.45, 2.75) is 57.5 Å². The van der Waals surface area contributed by atoms with Crippen LogP contribution < -0.4 is 10.1 Å². The quantitative estimate of drug-likeness (QED) is 0.647. The number of nitrogens with one attached hydrogen (secondary N) is 1. The summed E-state index contributed by atoms with van der Waals surface area (Å²) < 4.78 is 5.69. The molecule has 0 aliphatic heterocycles. The van der Waals surface area contributed by atoms with E-state index in [0.717, 1.165) is 31.2 Å². The van der Waals surface area contributed by atoms with E-state index in [1.54, 1.807) is 4.90 Å². The van der Waals surface area contributed by atoms with E-state index in [-0.39, 0.29) is 24.5 Å². The number of amides is 2. The van der Waals surface area contributed by atoms with Crippen LogP contribution in [0.2, 0.25) is 0 Å². The number of hydrogen-bond donors (Lipinski definition) is 1. The first-order valence-electron chi connectivity index (χ1n) is 11.0. The number of ether oxygens (including phenoxy) is 1. The Balaban J connectivity index is 1.68. The summed E-state index contributed by atoms with van der Waals surface area (Å²) in [5, 5.41) is 3.16. The molecular formula is C25H32N2O3. The van der Waals surface area contributed by atoms with Gasteiger partial charge in [-0.25, -0.2) is 0 Å². The first-order valence-corrected chi connectivity index (χ1v) is 11.0. The van der Waals surface area contributed by atoms with Crippen LogP contribution in [0.1, 0.15) is 44.6 Å². The van der Waals surface area contributed by atoms with Crippen LogP contribution in [0.25, 0.3) is 0 Å². The minimum atomic E-state index is -0.485. The molecule has 3 rings (SSSR count). The smallest absolute Gasteiger partial charge is 0.261 e. The summed E-state index contributed by atoms with van der Waals surface area (Å²) in [4.78, 5) is 27.8. The second-order valence-corrected chi connectivity index (χ2v) is 7.84. The van der Waals surface area contributed by atoms with Crippen LogP contribution in [-0.2, 0) is 16.0 Å². The Kier molecular flexibility index (Phi) is 8.30. The summed E-state index contributed by atoms with van der Waals surface area (Å²) in [5.41, 5.74) is 1.14. The summed E-state index contributed by atoms with van der Waals surface area (Å²) in [6.45, 7) is 2.36. The monoisotopic (exact) mass is 408 g/mol. The lowest BCUT2D eigenvalue weighted by molar-refractivity contribution is -0.142. The molecule has 5 nitrogen and oxygen atoms in total. The molecule has 30 heavy (non-hydrogen) atoms. The zero-order valence-corrected chi connectivity index (χ0v) is 17.8. The van der Waals surface area contributed by atoms with E-state index in [9.17, 15) is 9.59 Å². The van der Waals surface area contributed by atoms with Crippen molar-refractivity contribution in [2.75, 3.05) is 13.2 Å². The lowest BCUT2D eigenvalue weighted by Crippen LogP contribution is -2.52. The van der Waals surface area contributed by atoms with Gasteiger partial charge in [0.15, 0.2) is 6.61 Å². The van der Waals surface area contributed by atoms with Crippen molar-refractivity contribution in [1.82, 2.24) is 10.2 Å². The molecule has 0 spiro atoms. The van der Waals surface area contributed by atoms with Crippen LogP contribution in [0.15, 0.2) is 60.7 Å². The molecule has 1 unspecified atom stereocenters. The number of para-hydroxylation sites is 1.